The van der Waals surface area contributed by atoms with Crippen LogP contribution in [0.2, 0.25) is 0 Å². The zero-order valence-corrected chi connectivity index (χ0v) is 16.0. The van der Waals surface area contributed by atoms with Crippen molar-refractivity contribution in [3.05, 3.63) is 64.6 Å². The number of carbonyl (C=O) groups is 1. The first-order valence-corrected chi connectivity index (χ1v) is 9.24. The first kappa shape index (κ1) is 17.7. The van der Waals surface area contributed by atoms with E-state index in [0.717, 1.165) is 17.0 Å². The Morgan fingerprint density at radius 1 is 1.08 bits per heavy atom. The molecule has 1 heterocycles. The molecular formula is C20H19NO2S2. The van der Waals surface area contributed by atoms with Crippen LogP contribution in [0.25, 0.3) is 6.08 Å². The van der Waals surface area contributed by atoms with Crippen molar-refractivity contribution < 1.29 is 9.53 Å². The lowest BCUT2D eigenvalue weighted by molar-refractivity contribution is -0.113. The number of methoxy groups -OCH3 is 1. The molecule has 0 radical (unpaired) electrons. The Labute approximate surface area is 157 Å². The van der Waals surface area contributed by atoms with Gasteiger partial charge in [0, 0.05) is 0 Å². The van der Waals surface area contributed by atoms with Gasteiger partial charge in [0.05, 0.1) is 17.7 Å². The van der Waals surface area contributed by atoms with Crippen LogP contribution in [-0.4, -0.2) is 17.3 Å². The van der Waals surface area contributed by atoms with E-state index in [0.29, 0.717) is 15.1 Å². The van der Waals surface area contributed by atoms with E-state index in [9.17, 15) is 4.79 Å². The molecule has 0 aliphatic carbocycles. The van der Waals surface area contributed by atoms with Crippen LogP contribution in [0.15, 0.2) is 53.4 Å². The van der Waals surface area contributed by atoms with Gasteiger partial charge in [-0.1, -0.05) is 62.1 Å². The fourth-order valence-corrected chi connectivity index (χ4v) is 3.85. The molecule has 3 nitrogen and oxygen atoms in total. The summed E-state index contributed by atoms with van der Waals surface area (Å²) in [5, 5.41) is 0. The summed E-state index contributed by atoms with van der Waals surface area (Å²) < 4.78 is 5.70. The molecule has 0 spiro atoms. The molecular weight excluding hydrogens is 350 g/mol. The normalized spacial score (nSPS) is 16.2. The molecule has 0 N–H and O–H groups in total. The van der Waals surface area contributed by atoms with Crippen molar-refractivity contribution in [2.24, 2.45) is 0 Å². The fourth-order valence-electron chi connectivity index (χ4n) is 2.55. The number of thioether (sulfide) groups is 1. The van der Waals surface area contributed by atoms with Crippen LogP contribution in [0, 0.1) is 0 Å². The number of hydrogen-bond donors (Lipinski definition) is 0. The molecule has 25 heavy (non-hydrogen) atoms. The number of nitrogens with zero attached hydrogens (tertiary/aromatic N) is 1. The molecule has 128 valence electrons. The Balaban J connectivity index is 1.84. The standard InChI is InChI=1S/C20H19NO2S2/c1-13(2)15-6-4-14(5-7-15)12-18-19(22)21(20(24)25-18)16-8-10-17(23-3)11-9-16/h4-13H,1-3H3. The minimum Gasteiger partial charge on any atom is -0.497 e. The van der Waals surface area contributed by atoms with Crippen LogP contribution in [0.4, 0.5) is 5.69 Å². The van der Waals surface area contributed by atoms with Gasteiger partial charge in [0.1, 0.15) is 5.75 Å². The fraction of sp³-hybridized carbons (Fsp3) is 0.200. The van der Waals surface area contributed by atoms with Gasteiger partial charge in [-0.15, -0.1) is 0 Å². The molecule has 1 aliphatic heterocycles. The molecule has 3 rings (SSSR count). The van der Waals surface area contributed by atoms with Crippen molar-refractivity contribution in [3.63, 3.8) is 0 Å². The van der Waals surface area contributed by atoms with Crippen molar-refractivity contribution in [3.8, 4) is 5.75 Å². The largest absolute Gasteiger partial charge is 0.497 e. The van der Waals surface area contributed by atoms with Crippen LogP contribution in [0.3, 0.4) is 0 Å². The third-order valence-corrected chi connectivity index (χ3v) is 5.33. The summed E-state index contributed by atoms with van der Waals surface area (Å²) in [6, 6.07) is 15.6. The third kappa shape index (κ3) is 3.78. The van der Waals surface area contributed by atoms with Crippen molar-refractivity contribution in [2.45, 2.75) is 19.8 Å². The molecule has 0 unspecified atom stereocenters. The van der Waals surface area contributed by atoms with E-state index in [1.54, 1.807) is 12.0 Å². The minimum absolute atomic E-state index is 0.0897. The molecule has 2 aromatic carbocycles. The number of rotatable bonds is 4. The Morgan fingerprint density at radius 2 is 1.72 bits per heavy atom. The number of carbonyl (C=O) groups excluding carboxylic acids is 1. The lowest BCUT2D eigenvalue weighted by Gasteiger charge is -2.14. The summed E-state index contributed by atoms with van der Waals surface area (Å²) in [7, 11) is 1.61. The average Bonchev–Trinajstić information content (AvgIpc) is 2.89. The van der Waals surface area contributed by atoms with E-state index in [1.807, 2.05) is 42.5 Å². The molecule has 0 aromatic heterocycles. The van der Waals surface area contributed by atoms with Gasteiger partial charge in [-0.25, -0.2) is 0 Å². The highest BCUT2D eigenvalue weighted by Gasteiger charge is 2.33. The van der Waals surface area contributed by atoms with Crippen molar-refractivity contribution in [1.82, 2.24) is 0 Å². The Hall–Kier alpha value is -2.11. The molecule has 1 saturated heterocycles. The lowest BCUT2D eigenvalue weighted by atomic mass is 10.0. The topological polar surface area (TPSA) is 29.5 Å². The third-order valence-electron chi connectivity index (χ3n) is 4.03. The lowest BCUT2D eigenvalue weighted by Crippen LogP contribution is -2.27. The van der Waals surface area contributed by atoms with Gasteiger partial charge < -0.3 is 4.74 Å². The summed E-state index contributed by atoms with van der Waals surface area (Å²) in [6.45, 7) is 4.32. The van der Waals surface area contributed by atoms with Crippen LogP contribution in [-0.2, 0) is 4.79 Å². The number of anilines is 1. The monoisotopic (exact) mass is 369 g/mol. The number of thiocarbonyl (C=S) groups is 1. The second-order valence-electron chi connectivity index (χ2n) is 6.04. The molecule has 5 heteroatoms. The first-order valence-electron chi connectivity index (χ1n) is 8.01. The molecule has 0 bridgehead atoms. The molecule has 1 aliphatic rings. The molecule has 0 saturated carbocycles. The maximum absolute atomic E-state index is 12.8. The minimum atomic E-state index is -0.0897. The van der Waals surface area contributed by atoms with Gasteiger partial charge in [0.2, 0.25) is 0 Å². The van der Waals surface area contributed by atoms with Crippen LogP contribution in [0.1, 0.15) is 30.9 Å². The maximum Gasteiger partial charge on any atom is 0.270 e. The van der Waals surface area contributed by atoms with E-state index in [1.165, 1.54) is 17.3 Å². The van der Waals surface area contributed by atoms with Crippen molar-refractivity contribution in [1.29, 1.82) is 0 Å². The second-order valence-corrected chi connectivity index (χ2v) is 7.71. The van der Waals surface area contributed by atoms with Gasteiger partial charge in [-0.3, -0.25) is 9.69 Å². The van der Waals surface area contributed by atoms with Crippen molar-refractivity contribution >= 4 is 46.0 Å². The summed E-state index contributed by atoms with van der Waals surface area (Å²) in [6.07, 6.45) is 1.90. The number of amides is 1. The van der Waals surface area contributed by atoms with Gasteiger partial charge in [-0.05, 0) is 47.4 Å². The van der Waals surface area contributed by atoms with E-state index in [4.69, 9.17) is 17.0 Å². The molecule has 1 fully saturated rings. The molecule has 0 atom stereocenters. The van der Waals surface area contributed by atoms with E-state index in [-0.39, 0.29) is 5.91 Å². The van der Waals surface area contributed by atoms with Gasteiger partial charge >= 0.3 is 0 Å². The van der Waals surface area contributed by atoms with Gasteiger partial charge in [0.25, 0.3) is 5.91 Å². The summed E-state index contributed by atoms with van der Waals surface area (Å²) in [4.78, 5) is 15.0. The summed E-state index contributed by atoms with van der Waals surface area (Å²) in [5.41, 5.74) is 3.03. The highest BCUT2D eigenvalue weighted by Crippen LogP contribution is 2.36. The van der Waals surface area contributed by atoms with E-state index in [2.05, 4.69) is 26.0 Å². The maximum atomic E-state index is 12.8. The average molecular weight is 370 g/mol. The zero-order valence-electron chi connectivity index (χ0n) is 14.4. The molecule has 2 aromatic rings. The quantitative estimate of drug-likeness (QED) is 0.545. The Bertz CT molecular complexity index is 824. The van der Waals surface area contributed by atoms with Gasteiger partial charge in [0.15, 0.2) is 4.32 Å². The first-order chi connectivity index (χ1) is 12.0. The smallest absolute Gasteiger partial charge is 0.270 e. The molecule has 1 amide bonds. The SMILES string of the molecule is COc1ccc(N2C(=O)C(=Cc3ccc(C(C)C)cc3)SC2=S)cc1. The van der Waals surface area contributed by atoms with Crippen molar-refractivity contribution in [2.75, 3.05) is 12.0 Å². The second kappa shape index (κ2) is 7.42. The summed E-state index contributed by atoms with van der Waals surface area (Å²) in [5.74, 6) is 1.14. The predicted molar refractivity (Wildman–Crippen MR) is 109 cm³/mol. The highest BCUT2D eigenvalue weighted by molar-refractivity contribution is 8.27. The van der Waals surface area contributed by atoms with E-state index < -0.39 is 0 Å². The van der Waals surface area contributed by atoms with E-state index >= 15 is 0 Å². The van der Waals surface area contributed by atoms with Crippen LogP contribution in [0.5, 0.6) is 5.75 Å². The predicted octanol–water partition coefficient (Wildman–Crippen LogP) is 5.22. The number of ether oxygens (including phenoxy) is 1. The highest BCUT2D eigenvalue weighted by atomic mass is 32.2. The van der Waals surface area contributed by atoms with Crippen LogP contribution >= 0.6 is 24.0 Å². The Kier molecular flexibility index (Phi) is 5.25. The Morgan fingerprint density at radius 3 is 2.28 bits per heavy atom. The number of benzene rings is 2. The summed E-state index contributed by atoms with van der Waals surface area (Å²) >= 11 is 6.73. The number of hydrogen-bond acceptors (Lipinski definition) is 4. The van der Waals surface area contributed by atoms with Gasteiger partial charge in [-0.2, -0.15) is 0 Å². The zero-order chi connectivity index (χ0) is 18.0. The van der Waals surface area contributed by atoms with Crippen LogP contribution < -0.4 is 9.64 Å².